The molecule has 0 radical (unpaired) electrons. The Morgan fingerprint density at radius 1 is 1.10 bits per heavy atom. The van der Waals surface area contributed by atoms with Crippen molar-refractivity contribution >= 4 is 29.9 Å². The molecule has 1 aromatic carbocycles. The molecule has 0 unspecified atom stereocenters. The van der Waals surface area contributed by atoms with Crippen molar-refractivity contribution in [1.29, 1.82) is 0 Å². The Morgan fingerprint density at radius 2 is 1.80 bits per heavy atom. The van der Waals surface area contributed by atoms with Crippen LogP contribution in [0.3, 0.4) is 0 Å². The highest BCUT2D eigenvalue weighted by Gasteiger charge is 2.20. The van der Waals surface area contributed by atoms with Crippen LogP contribution in [0.4, 0.5) is 0 Å². The van der Waals surface area contributed by atoms with Crippen molar-refractivity contribution < 1.29 is 24.0 Å². The summed E-state index contributed by atoms with van der Waals surface area (Å²) in [6.45, 7) is 2.95. The summed E-state index contributed by atoms with van der Waals surface area (Å²) in [6, 6.07) is 7.77. The van der Waals surface area contributed by atoms with Crippen LogP contribution >= 0.6 is 0 Å². The van der Waals surface area contributed by atoms with Gasteiger partial charge in [0.2, 0.25) is 11.8 Å². The van der Waals surface area contributed by atoms with Gasteiger partial charge in [-0.05, 0) is 36.8 Å². The zero-order valence-corrected chi connectivity index (χ0v) is 16.7. The van der Waals surface area contributed by atoms with Gasteiger partial charge in [0, 0.05) is 43.5 Å². The minimum Gasteiger partial charge on any atom is -0.348 e. The van der Waals surface area contributed by atoms with Gasteiger partial charge in [0.25, 0.3) is 11.8 Å². The molecule has 1 heterocycles. The average Bonchev–Trinajstić information content (AvgIpc) is 2.75. The number of hydrogen-bond donors (Lipinski definition) is 2. The lowest BCUT2D eigenvalue weighted by molar-refractivity contribution is -0.129. The Kier molecular flexibility index (Phi) is 7.92. The molecule has 9 heteroatoms. The Bertz CT molecular complexity index is 959. The molecule has 2 N–H and O–H groups in total. The van der Waals surface area contributed by atoms with Crippen LogP contribution in [0.2, 0.25) is 0 Å². The summed E-state index contributed by atoms with van der Waals surface area (Å²) in [7, 11) is 0. The van der Waals surface area contributed by atoms with E-state index in [1.807, 2.05) is 0 Å². The smallest absolute Gasteiger partial charge is 0.255 e. The van der Waals surface area contributed by atoms with Gasteiger partial charge in [0.05, 0.1) is 5.56 Å². The standard InChI is InChI=1S/C21H22N4O5/c1-3-25(12-19(28)24-14(2)27)21(30)18-5-4-15(10-17(18)13-26)11-23-20(29)16-6-8-22-9-7-16/h4-10,13H,3,11-12H2,1-2H3,(H,23,29)(H,24,27,28). The molecule has 30 heavy (non-hydrogen) atoms. The highest BCUT2D eigenvalue weighted by molar-refractivity contribution is 6.04. The van der Waals surface area contributed by atoms with E-state index < -0.39 is 17.7 Å². The second kappa shape index (κ2) is 10.6. The van der Waals surface area contributed by atoms with Gasteiger partial charge >= 0.3 is 0 Å². The summed E-state index contributed by atoms with van der Waals surface area (Å²) < 4.78 is 0. The summed E-state index contributed by atoms with van der Waals surface area (Å²) in [5, 5.41) is 4.84. The third kappa shape index (κ3) is 6.06. The monoisotopic (exact) mass is 410 g/mol. The number of carbonyl (C=O) groups excluding carboxylic acids is 5. The van der Waals surface area contributed by atoms with Crippen LogP contribution in [-0.2, 0) is 16.1 Å². The molecule has 0 aliphatic rings. The number of hydrogen-bond acceptors (Lipinski definition) is 6. The van der Waals surface area contributed by atoms with Gasteiger partial charge < -0.3 is 10.2 Å². The lowest BCUT2D eigenvalue weighted by Gasteiger charge is -2.21. The van der Waals surface area contributed by atoms with E-state index in [1.54, 1.807) is 25.1 Å². The third-order valence-corrected chi connectivity index (χ3v) is 4.19. The van der Waals surface area contributed by atoms with E-state index in [1.165, 1.54) is 36.4 Å². The topological polar surface area (TPSA) is 126 Å². The van der Waals surface area contributed by atoms with Gasteiger partial charge in [-0.25, -0.2) is 0 Å². The van der Waals surface area contributed by atoms with E-state index in [2.05, 4.69) is 15.6 Å². The Balaban J connectivity index is 2.11. The first kappa shape index (κ1) is 22.4. The van der Waals surface area contributed by atoms with Crippen molar-refractivity contribution in [2.24, 2.45) is 0 Å². The molecule has 0 aliphatic heterocycles. The van der Waals surface area contributed by atoms with Crippen molar-refractivity contribution in [1.82, 2.24) is 20.5 Å². The van der Waals surface area contributed by atoms with Crippen LogP contribution in [0.5, 0.6) is 0 Å². The molecule has 0 saturated carbocycles. The summed E-state index contributed by atoms with van der Waals surface area (Å²) in [5.74, 6) is -1.93. The maximum atomic E-state index is 12.8. The minimum atomic E-state index is -0.610. The second-order valence-corrected chi connectivity index (χ2v) is 6.38. The van der Waals surface area contributed by atoms with E-state index in [0.29, 0.717) is 17.4 Å². The maximum Gasteiger partial charge on any atom is 0.255 e. The first-order valence-corrected chi connectivity index (χ1v) is 9.21. The average molecular weight is 410 g/mol. The molecule has 0 saturated heterocycles. The number of aromatic nitrogens is 1. The molecule has 0 fully saturated rings. The maximum absolute atomic E-state index is 12.8. The third-order valence-electron chi connectivity index (χ3n) is 4.19. The SMILES string of the molecule is CCN(CC(=O)NC(C)=O)C(=O)c1ccc(CNC(=O)c2ccncc2)cc1C=O. The molecule has 9 nitrogen and oxygen atoms in total. The molecule has 0 spiro atoms. The number of amides is 4. The van der Waals surface area contributed by atoms with Crippen molar-refractivity contribution in [2.75, 3.05) is 13.1 Å². The number of nitrogens with one attached hydrogen (secondary N) is 2. The molecule has 2 aromatic rings. The fourth-order valence-electron chi connectivity index (χ4n) is 2.71. The first-order chi connectivity index (χ1) is 14.3. The Hall–Kier alpha value is -3.88. The molecule has 0 aliphatic carbocycles. The van der Waals surface area contributed by atoms with E-state index >= 15 is 0 Å². The molecule has 2 rings (SSSR count). The van der Waals surface area contributed by atoms with Gasteiger partial charge in [-0.3, -0.25) is 34.3 Å². The number of rotatable bonds is 8. The number of imide groups is 1. The van der Waals surface area contributed by atoms with Crippen molar-refractivity contribution in [3.63, 3.8) is 0 Å². The number of likely N-dealkylation sites (N-methyl/N-ethyl adjacent to an activating group) is 1. The molecule has 4 amide bonds. The number of benzene rings is 1. The summed E-state index contributed by atoms with van der Waals surface area (Å²) >= 11 is 0. The number of aldehydes is 1. The van der Waals surface area contributed by atoms with Crippen LogP contribution in [0.1, 0.15) is 50.5 Å². The van der Waals surface area contributed by atoms with Crippen molar-refractivity contribution in [2.45, 2.75) is 20.4 Å². The van der Waals surface area contributed by atoms with Crippen LogP contribution in [-0.4, -0.2) is 52.9 Å². The number of nitrogens with zero attached hydrogens (tertiary/aromatic N) is 2. The van der Waals surface area contributed by atoms with Crippen LogP contribution in [0, 0.1) is 0 Å². The summed E-state index contributed by atoms with van der Waals surface area (Å²) in [6.07, 6.45) is 3.57. The Labute approximate surface area is 173 Å². The number of carbonyl (C=O) groups is 5. The van der Waals surface area contributed by atoms with Crippen molar-refractivity contribution in [3.05, 3.63) is 65.0 Å². The van der Waals surface area contributed by atoms with Crippen LogP contribution in [0.25, 0.3) is 0 Å². The highest BCUT2D eigenvalue weighted by atomic mass is 16.2. The van der Waals surface area contributed by atoms with E-state index in [-0.39, 0.29) is 36.7 Å². The molecule has 1 aromatic heterocycles. The quantitative estimate of drug-likeness (QED) is 0.624. The van der Waals surface area contributed by atoms with E-state index in [9.17, 15) is 24.0 Å². The molecular formula is C21H22N4O5. The van der Waals surface area contributed by atoms with Gasteiger partial charge in [-0.2, -0.15) is 0 Å². The van der Waals surface area contributed by atoms with Gasteiger partial charge in [0.1, 0.15) is 6.54 Å². The fraction of sp³-hybridized carbons (Fsp3) is 0.238. The summed E-state index contributed by atoms with van der Waals surface area (Å²) in [4.78, 5) is 64.3. The predicted molar refractivity (Wildman–Crippen MR) is 108 cm³/mol. The normalized spacial score (nSPS) is 10.1. The zero-order chi connectivity index (χ0) is 22.1. The molecule has 0 bridgehead atoms. The second-order valence-electron chi connectivity index (χ2n) is 6.38. The van der Waals surface area contributed by atoms with E-state index in [0.717, 1.165) is 0 Å². The van der Waals surface area contributed by atoms with E-state index in [4.69, 9.17) is 0 Å². The molecule has 0 atom stereocenters. The largest absolute Gasteiger partial charge is 0.348 e. The van der Waals surface area contributed by atoms with Crippen LogP contribution < -0.4 is 10.6 Å². The summed E-state index contributed by atoms with van der Waals surface area (Å²) in [5.41, 5.74) is 1.36. The van der Waals surface area contributed by atoms with Gasteiger partial charge in [-0.15, -0.1) is 0 Å². The van der Waals surface area contributed by atoms with Gasteiger partial charge in [-0.1, -0.05) is 6.07 Å². The fourth-order valence-corrected chi connectivity index (χ4v) is 2.71. The van der Waals surface area contributed by atoms with Gasteiger partial charge in [0.15, 0.2) is 6.29 Å². The lowest BCUT2D eigenvalue weighted by atomic mass is 10.0. The Morgan fingerprint density at radius 3 is 2.40 bits per heavy atom. The highest BCUT2D eigenvalue weighted by Crippen LogP contribution is 2.14. The number of pyridine rings is 1. The van der Waals surface area contributed by atoms with Crippen molar-refractivity contribution in [3.8, 4) is 0 Å². The minimum absolute atomic E-state index is 0.131. The lowest BCUT2D eigenvalue weighted by Crippen LogP contribution is -2.42. The molecule has 156 valence electrons. The zero-order valence-electron chi connectivity index (χ0n) is 16.7. The predicted octanol–water partition coefficient (Wildman–Crippen LogP) is 0.949. The molecular weight excluding hydrogens is 388 g/mol. The first-order valence-electron chi connectivity index (χ1n) is 9.21. The van der Waals surface area contributed by atoms with Crippen LogP contribution in [0.15, 0.2) is 42.7 Å².